The zero-order valence-electron chi connectivity index (χ0n) is 12.6. The zero-order chi connectivity index (χ0) is 15.4. The summed E-state index contributed by atoms with van der Waals surface area (Å²) in [4.78, 5) is 12.1. The number of carbonyl (C=O) groups is 1. The molecule has 1 saturated heterocycles. The van der Waals surface area contributed by atoms with Crippen molar-refractivity contribution in [1.82, 2.24) is 30.8 Å². The number of aromatic nitrogens is 4. The lowest BCUT2D eigenvalue weighted by Gasteiger charge is -2.28. The Morgan fingerprint density at radius 3 is 2.91 bits per heavy atom. The molecule has 0 radical (unpaired) electrons. The molecule has 2 atom stereocenters. The number of hydrogen-bond donors (Lipinski definition) is 2. The van der Waals surface area contributed by atoms with Crippen molar-refractivity contribution in [3.8, 4) is 5.69 Å². The highest BCUT2D eigenvalue weighted by Gasteiger charge is 2.19. The first-order chi connectivity index (χ1) is 10.7. The average Bonchev–Trinajstić information content (AvgIpc) is 3.02. The van der Waals surface area contributed by atoms with Crippen LogP contribution in [0.1, 0.15) is 25.3 Å². The molecular weight excluding hydrogens is 280 g/mol. The van der Waals surface area contributed by atoms with E-state index >= 15 is 0 Å². The van der Waals surface area contributed by atoms with Gasteiger partial charge in [0.25, 0.3) is 0 Å². The number of piperidine rings is 1. The first-order valence-electron chi connectivity index (χ1n) is 7.56. The molecule has 2 aromatic rings. The fraction of sp³-hybridized carbons (Fsp3) is 0.467. The molecule has 116 valence electrons. The van der Waals surface area contributed by atoms with Crippen LogP contribution >= 0.6 is 0 Å². The molecular formula is C15H20N6O. The molecule has 2 unspecified atom stereocenters. The van der Waals surface area contributed by atoms with Crippen LogP contribution in [0.3, 0.4) is 0 Å². The molecule has 2 N–H and O–H groups in total. The van der Waals surface area contributed by atoms with Gasteiger partial charge in [0.2, 0.25) is 5.91 Å². The minimum absolute atomic E-state index is 0.0780. The summed E-state index contributed by atoms with van der Waals surface area (Å²) in [5.74, 6) is 0.0780. The predicted octanol–water partition coefficient (Wildman–Crippen LogP) is 0.461. The highest BCUT2D eigenvalue weighted by molar-refractivity contribution is 5.78. The first kappa shape index (κ1) is 14.6. The van der Waals surface area contributed by atoms with E-state index in [0.717, 1.165) is 30.6 Å². The number of carbonyl (C=O) groups excluding carboxylic acids is 1. The second kappa shape index (κ2) is 6.65. The van der Waals surface area contributed by atoms with Gasteiger partial charge in [0.05, 0.1) is 12.1 Å². The Balaban J connectivity index is 1.55. The number of hydrogen-bond acceptors (Lipinski definition) is 5. The molecule has 7 nitrogen and oxygen atoms in total. The Bertz CT molecular complexity index is 609. The van der Waals surface area contributed by atoms with Gasteiger partial charge in [-0.3, -0.25) is 4.79 Å². The number of tetrazole rings is 1. The van der Waals surface area contributed by atoms with Gasteiger partial charge < -0.3 is 10.6 Å². The van der Waals surface area contributed by atoms with Gasteiger partial charge in [-0.15, -0.1) is 5.10 Å². The minimum atomic E-state index is 0.0780. The SMILES string of the molecule is CC1CC(NC(=O)Cc2ccc(-n3cnnn3)cc2)CCN1. The highest BCUT2D eigenvalue weighted by Crippen LogP contribution is 2.10. The summed E-state index contributed by atoms with van der Waals surface area (Å²) in [5, 5.41) is 17.5. The monoisotopic (exact) mass is 300 g/mol. The number of rotatable bonds is 4. The zero-order valence-corrected chi connectivity index (χ0v) is 12.6. The summed E-state index contributed by atoms with van der Waals surface area (Å²) in [7, 11) is 0. The summed E-state index contributed by atoms with van der Waals surface area (Å²) in [6.45, 7) is 3.11. The molecule has 1 aromatic heterocycles. The standard InChI is InChI=1S/C15H20N6O/c1-11-8-13(6-7-16-11)18-15(22)9-12-2-4-14(5-3-12)21-10-17-19-20-21/h2-5,10-11,13,16H,6-9H2,1H3,(H,18,22). The van der Waals surface area contributed by atoms with Crippen LogP contribution in [0.5, 0.6) is 0 Å². The lowest BCUT2D eigenvalue weighted by molar-refractivity contribution is -0.121. The van der Waals surface area contributed by atoms with Gasteiger partial charge in [-0.05, 0) is 54.4 Å². The molecule has 22 heavy (non-hydrogen) atoms. The maximum absolute atomic E-state index is 12.1. The molecule has 7 heteroatoms. The van der Waals surface area contributed by atoms with Crippen LogP contribution in [0, 0.1) is 0 Å². The van der Waals surface area contributed by atoms with Crippen molar-refractivity contribution in [3.05, 3.63) is 36.2 Å². The van der Waals surface area contributed by atoms with Crippen LogP contribution < -0.4 is 10.6 Å². The van der Waals surface area contributed by atoms with Crippen molar-refractivity contribution in [2.75, 3.05) is 6.54 Å². The van der Waals surface area contributed by atoms with Crippen LogP contribution in [-0.4, -0.2) is 44.7 Å². The van der Waals surface area contributed by atoms with Gasteiger partial charge in [0.15, 0.2) is 0 Å². The molecule has 1 fully saturated rings. The number of benzene rings is 1. The van der Waals surface area contributed by atoms with Crippen molar-refractivity contribution >= 4 is 5.91 Å². The number of nitrogens with zero attached hydrogens (tertiary/aromatic N) is 4. The van der Waals surface area contributed by atoms with Crippen LogP contribution in [0.25, 0.3) is 5.69 Å². The maximum atomic E-state index is 12.1. The highest BCUT2D eigenvalue weighted by atomic mass is 16.1. The summed E-state index contributed by atoms with van der Waals surface area (Å²) >= 11 is 0. The van der Waals surface area contributed by atoms with Crippen molar-refractivity contribution in [1.29, 1.82) is 0 Å². The number of amides is 1. The Morgan fingerprint density at radius 1 is 1.41 bits per heavy atom. The molecule has 0 saturated carbocycles. The fourth-order valence-corrected chi connectivity index (χ4v) is 2.77. The largest absolute Gasteiger partial charge is 0.353 e. The van der Waals surface area contributed by atoms with Gasteiger partial charge in [0.1, 0.15) is 6.33 Å². The second-order valence-electron chi connectivity index (χ2n) is 5.74. The van der Waals surface area contributed by atoms with E-state index < -0.39 is 0 Å². The van der Waals surface area contributed by atoms with Gasteiger partial charge in [0, 0.05) is 12.1 Å². The normalized spacial score (nSPS) is 21.5. The second-order valence-corrected chi connectivity index (χ2v) is 5.74. The predicted molar refractivity (Wildman–Crippen MR) is 81.5 cm³/mol. The van der Waals surface area contributed by atoms with Gasteiger partial charge in [-0.2, -0.15) is 0 Å². The van der Waals surface area contributed by atoms with Crippen LogP contribution in [0.2, 0.25) is 0 Å². The maximum Gasteiger partial charge on any atom is 0.224 e. The third kappa shape index (κ3) is 3.67. The van der Waals surface area contributed by atoms with Crippen molar-refractivity contribution < 1.29 is 4.79 Å². The van der Waals surface area contributed by atoms with E-state index in [0.29, 0.717) is 12.5 Å². The minimum Gasteiger partial charge on any atom is -0.353 e. The fourth-order valence-electron chi connectivity index (χ4n) is 2.77. The Morgan fingerprint density at radius 2 is 2.23 bits per heavy atom. The van der Waals surface area contributed by atoms with E-state index in [9.17, 15) is 4.79 Å². The molecule has 0 spiro atoms. The average molecular weight is 300 g/mol. The Labute approximate surface area is 129 Å². The smallest absolute Gasteiger partial charge is 0.224 e. The number of nitrogens with one attached hydrogen (secondary N) is 2. The molecule has 1 aliphatic rings. The molecule has 0 aliphatic carbocycles. The third-order valence-corrected chi connectivity index (χ3v) is 3.90. The van der Waals surface area contributed by atoms with E-state index in [2.05, 4.69) is 33.1 Å². The van der Waals surface area contributed by atoms with Crippen LogP contribution in [0.4, 0.5) is 0 Å². The summed E-state index contributed by atoms with van der Waals surface area (Å²) in [6, 6.07) is 8.43. The van der Waals surface area contributed by atoms with Gasteiger partial charge in [-0.1, -0.05) is 12.1 Å². The molecule has 3 rings (SSSR count). The molecule has 2 heterocycles. The molecule has 1 aliphatic heterocycles. The van der Waals surface area contributed by atoms with Crippen molar-refractivity contribution in [2.45, 2.75) is 38.3 Å². The Hall–Kier alpha value is -2.28. The lowest BCUT2D eigenvalue weighted by Crippen LogP contribution is -2.46. The topological polar surface area (TPSA) is 84.7 Å². The Kier molecular flexibility index (Phi) is 4.43. The molecule has 1 aromatic carbocycles. The van der Waals surface area contributed by atoms with E-state index in [-0.39, 0.29) is 11.9 Å². The molecule has 0 bridgehead atoms. The summed E-state index contributed by atoms with van der Waals surface area (Å²) < 4.78 is 1.58. The first-order valence-corrected chi connectivity index (χ1v) is 7.56. The summed E-state index contributed by atoms with van der Waals surface area (Å²) in [5.41, 5.74) is 1.86. The van der Waals surface area contributed by atoms with E-state index in [4.69, 9.17) is 0 Å². The van der Waals surface area contributed by atoms with Gasteiger partial charge >= 0.3 is 0 Å². The van der Waals surface area contributed by atoms with E-state index in [1.807, 2.05) is 24.3 Å². The van der Waals surface area contributed by atoms with Crippen LogP contribution in [0.15, 0.2) is 30.6 Å². The van der Waals surface area contributed by atoms with E-state index in [1.165, 1.54) is 0 Å². The quantitative estimate of drug-likeness (QED) is 0.857. The van der Waals surface area contributed by atoms with Gasteiger partial charge in [-0.25, -0.2) is 4.68 Å². The lowest BCUT2D eigenvalue weighted by atomic mass is 10.0. The van der Waals surface area contributed by atoms with E-state index in [1.54, 1.807) is 11.0 Å². The van der Waals surface area contributed by atoms with Crippen LogP contribution in [-0.2, 0) is 11.2 Å². The molecule has 1 amide bonds. The summed E-state index contributed by atoms with van der Waals surface area (Å²) in [6.07, 6.45) is 3.92. The van der Waals surface area contributed by atoms with Crippen molar-refractivity contribution in [3.63, 3.8) is 0 Å². The third-order valence-electron chi connectivity index (χ3n) is 3.90. The van der Waals surface area contributed by atoms with Crippen molar-refractivity contribution in [2.24, 2.45) is 0 Å².